The fraction of sp³-hybridized carbons (Fsp3) is 0.793. The van der Waals surface area contributed by atoms with E-state index in [9.17, 15) is 0 Å². The highest BCUT2D eigenvalue weighted by molar-refractivity contribution is 5.31. The first-order valence-corrected chi connectivity index (χ1v) is 13.5. The van der Waals surface area contributed by atoms with Gasteiger partial charge in [0.05, 0.1) is 12.7 Å². The summed E-state index contributed by atoms with van der Waals surface area (Å²) in [6.45, 7) is 9.99. The largest absolute Gasteiger partial charge is 0.494 e. The molecule has 0 spiro atoms. The Hall–Kier alpha value is -1.18. The molecule has 0 saturated heterocycles. The third-order valence-corrected chi connectivity index (χ3v) is 7.38. The van der Waals surface area contributed by atoms with Crippen LogP contribution in [0.15, 0.2) is 24.3 Å². The van der Waals surface area contributed by atoms with Crippen LogP contribution in [0.5, 0.6) is 11.5 Å². The first-order valence-electron chi connectivity index (χ1n) is 13.5. The zero-order valence-electron chi connectivity index (χ0n) is 21.0. The number of benzene rings is 1. The molecule has 178 valence electrons. The van der Waals surface area contributed by atoms with Crippen LogP contribution >= 0.6 is 0 Å². The van der Waals surface area contributed by atoms with Crippen LogP contribution in [0.3, 0.4) is 0 Å². The number of hydrogen-bond acceptors (Lipinski definition) is 2. The van der Waals surface area contributed by atoms with E-state index < -0.39 is 0 Å². The van der Waals surface area contributed by atoms with Gasteiger partial charge in [0.25, 0.3) is 0 Å². The van der Waals surface area contributed by atoms with E-state index in [1.165, 1.54) is 83.5 Å². The first kappa shape index (κ1) is 26.1. The quantitative estimate of drug-likeness (QED) is 0.243. The summed E-state index contributed by atoms with van der Waals surface area (Å²) in [5.41, 5.74) is 0. The van der Waals surface area contributed by atoms with E-state index in [0.717, 1.165) is 42.3 Å². The van der Waals surface area contributed by atoms with Gasteiger partial charge in [0.15, 0.2) is 0 Å². The van der Waals surface area contributed by atoms with Gasteiger partial charge in [-0.15, -0.1) is 0 Å². The van der Waals surface area contributed by atoms with Crippen LogP contribution in [0.2, 0.25) is 0 Å². The van der Waals surface area contributed by atoms with E-state index in [1.54, 1.807) is 0 Å². The molecule has 1 aliphatic rings. The van der Waals surface area contributed by atoms with Gasteiger partial charge in [-0.3, -0.25) is 0 Å². The second-order valence-corrected chi connectivity index (χ2v) is 10.2. The zero-order chi connectivity index (χ0) is 22.3. The molecule has 31 heavy (non-hydrogen) atoms. The van der Waals surface area contributed by atoms with Gasteiger partial charge < -0.3 is 9.47 Å². The lowest BCUT2D eigenvalue weighted by atomic mass is 9.77. The van der Waals surface area contributed by atoms with Crippen molar-refractivity contribution in [1.29, 1.82) is 0 Å². The summed E-state index contributed by atoms with van der Waals surface area (Å²) in [5, 5.41) is 0. The average Bonchev–Trinajstić information content (AvgIpc) is 2.80. The van der Waals surface area contributed by atoms with Crippen LogP contribution in [0.1, 0.15) is 118 Å². The fourth-order valence-corrected chi connectivity index (χ4v) is 4.86. The molecule has 0 radical (unpaired) electrons. The van der Waals surface area contributed by atoms with Crippen LogP contribution in [-0.4, -0.2) is 12.7 Å². The molecular weight excluding hydrogens is 380 g/mol. The number of unbranched alkanes of at least 4 members (excludes halogenated alkanes) is 3. The summed E-state index contributed by atoms with van der Waals surface area (Å²) < 4.78 is 12.0. The lowest BCUT2D eigenvalue weighted by Gasteiger charge is -2.29. The third kappa shape index (κ3) is 11.3. The minimum Gasteiger partial charge on any atom is -0.494 e. The topological polar surface area (TPSA) is 18.5 Å². The highest BCUT2D eigenvalue weighted by Gasteiger charge is 2.21. The molecule has 0 aromatic heterocycles. The Balaban J connectivity index is 1.54. The summed E-state index contributed by atoms with van der Waals surface area (Å²) >= 11 is 0. The standard InChI is InChI=1S/C29H50O2/c1-5-7-8-9-11-25(4)31-29-21-19-28(20-22-29)30-23-10-12-26-15-17-27(18-16-26)14-13-24(3)6-2/h19-22,24-27H,5-18,23H2,1-4H3/t24-,25+,26-,27-/m0/s1. The molecule has 1 saturated carbocycles. The smallest absolute Gasteiger partial charge is 0.119 e. The van der Waals surface area contributed by atoms with Crippen molar-refractivity contribution in [3.63, 3.8) is 0 Å². The van der Waals surface area contributed by atoms with Gasteiger partial charge in [-0.25, -0.2) is 0 Å². The Morgan fingerprint density at radius 1 is 0.774 bits per heavy atom. The molecule has 0 heterocycles. The SMILES string of the molecule is CCCCCC[C@@H](C)Oc1ccc(OCCC[C@H]2CC[C@H](CC[C@@H](C)CC)CC2)cc1. The predicted octanol–water partition coefficient (Wildman–Crippen LogP) is 9.22. The molecule has 1 aromatic rings. The molecule has 1 fully saturated rings. The van der Waals surface area contributed by atoms with Gasteiger partial charge in [0, 0.05) is 0 Å². The van der Waals surface area contributed by atoms with Gasteiger partial charge in [-0.1, -0.05) is 85.0 Å². The molecule has 2 nitrogen and oxygen atoms in total. The van der Waals surface area contributed by atoms with Crippen molar-refractivity contribution >= 4 is 0 Å². The van der Waals surface area contributed by atoms with Crippen LogP contribution < -0.4 is 9.47 Å². The normalized spacial score (nSPS) is 20.9. The van der Waals surface area contributed by atoms with Crippen LogP contribution in [0, 0.1) is 17.8 Å². The highest BCUT2D eigenvalue weighted by atomic mass is 16.5. The minimum atomic E-state index is 0.286. The van der Waals surface area contributed by atoms with Crippen LogP contribution in [0.4, 0.5) is 0 Å². The maximum Gasteiger partial charge on any atom is 0.119 e. The number of hydrogen-bond donors (Lipinski definition) is 0. The van der Waals surface area contributed by atoms with Crippen molar-refractivity contribution in [2.75, 3.05) is 6.61 Å². The molecule has 0 aliphatic heterocycles. The fourth-order valence-electron chi connectivity index (χ4n) is 4.86. The van der Waals surface area contributed by atoms with Gasteiger partial charge in [-0.2, -0.15) is 0 Å². The molecule has 0 bridgehead atoms. The zero-order valence-corrected chi connectivity index (χ0v) is 21.0. The van der Waals surface area contributed by atoms with Crippen molar-refractivity contribution in [2.24, 2.45) is 17.8 Å². The van der Waals surface area contributed by atoms with E-state index in [4.69, 9.17) is 9.47 Å². The maximum absolute atomic E-state index is 6.04. The van der Waals surface area contributed by atoms with E-state index in [1.807, 2.05) is 0 Å². The lowest BCUT2D eigenvalue weighted by molar-refractivity contribution is 0.205. The van der Waals surface area contributed by atoms with Gasteiger partial charge >= 0.3 is 0 Å². The van der Waals surface area contributed by atoms with E-state index in [-0.39, 0.29) is 6.10 Å². The van der Waals surface area contributed by atoms with E-state index >= 15 is 0 Å². The second-order valence-electron chi connectivity index (χ2n) is 10.2. The van der Waals surface area contributed by atoms with Gasteiger partial charge in [0.1, 0.15) is 11.5 Å². The molecule has 0 N–H and O–H groups in total. The minimum absolute atomic E-state index is 0.286. The molecule has 2 atom stereocenters. The Kier molecular flexibility index (Phi) is 13.1. The molecular formula is C29H50O2. The highest BCUT2D eigenvalue weighted by Crippen LogP contribution is 2.34. The molecule has 0 unspecified atom stereocenters. The molecule has 2 rings (SSSR count). The van der Waals surface area contributed by atoms with E-state index in [2.05, 4.69) is 52.0 Å². The number of rotatable bonds is 16. The molecule has 2 heteroatoms. The van der Waals surface area contributed by atoms with E-state index in [0.29, 0.717) is 0 Å². The summed E-state index contributed by atoms with van der Waals surface area (Å²) in [5.74, 6) is 4.77. The summed E-state index contributed by atoms with van der Waals surface area (Å²) in [7, 11) is 0. The molecule has 1 aliphatic carbocycles. The summed E-state index contributed by atoms with van der Waals surface area (Å²) in [6.07, 6.45) is 19.1. The Labute approximate surface area is 193 Å². The predicted molar refractivity (Wildman–Crippen MR) is 134 cm³/mol. The number of ether oxygens (including phenoxy) is 2. The third-order valence-electron chi connectivity index (χ3n) is 7.38. The van der Waals surface area contributed by atoms with Crippen molar-refractivity contribution in [1.82, 2.24) is 0 Å². The Bertz CT molecular complexity index is 544. The average molecular weight is 431 g/mol. The first-order chi connectivity index (χ1) is 15.1. The van der Waals surface area contributed by atoms with Crippen molar-refractivity contribution in [3.8, 4) is 11.5 Å². The van der Waals surface area contributed by atoms with Crippen molar-refractivity contribution in [3.05, 3.63) is 24.3 Å². The summed E-state index contributed by atoms with van der Waals surface area (Å²) in [6, 6.07) is 8.22. The molecule has 1 aromatic carbocycles. The van der Waals surface area contributed by atoms with Crippen molar-refractivity contribution < 1.29 is 9.47 Å². The van der Waals surface area contributed by atoms with Crippen LogP contribution in [0.25, 0.3) is 0 Å². The lowest BCUT2D eigenvalue weighted by Crippen LogP contribution is -2.16. The van der Waals surface area contributed by atoms with Gasteiger partial charge in [-0.05, 0) is 74.6 Å². The second kappa shape index (κ2) is 15.6. The van der Waals surface area contributed by atoms with Crippen LogP contribution in [-0.2, 0) is 0 Å². The molecule has 0 amide bonds. The maximum atomic E-state index is 6.04. The van der Waals surface area contributed by atoms with Gasteiger partial charge in [0.2, 0.25) is 0 Å². The summed E-state index contributed by atoms with van der Waals surface area (Å²) in [4.78, 5) is 0. The Morgan fingerprint density at radius 3 is 2.06 bits per heavy atom. The van der Waals surface area contributed by atoms with Crippen molar-refractivity contribution in [2.45, 2.75) is 124 Å². The monoisotopic (exact) mass is 430 g/mol. The Morgan fingerprint density at radius 2 is 1.42 bits per heavy atom.